The Balaban J connectivity index is 1.21. The Morgan fingerprint density at radius 3 is 2.39 bits per heavy atom. The Morgan fingerprint density at radius 2 is 1.65 bits per heavy atom. The predicted octanol–water partition coefficient (Wildman–Crippen LogP) is 8.77. The highest BCUT2D eigenvalue weighted by Crippen LogP contribution is 2.62. The summed E-state index contributed by atoms with van der Waals surface area (Å²) in [5.74, 6) is 6.32. The fourth-order valence-corrected chi connectivity index (χ4v) is 8.80. The van der Waals surface area contributed by atoms with Gasteiger partial charge in [-0.2, -0.15) is 0 Å². The summed E-state index contributed by atoms with van der Waals surface area (Å²) >= 11 is 0. The molecule has 4 aliphatic rings. The third-order valence-corrected chi connectivity index (χ3v) is 10.6. The van der Waals surface area contributed by atoms with E-state index in [2.05, 4.69) is 19.2 Å². The van der Waals surface area contributed by atoms with Gasteiger partial charge in [-0.1, -0.05) is 78.1 Å². The summed E-state index contributed by atoms with van der Waals surface area (Å²) in [5, 5.41) is 3.86. The van der Waals surface area contributed by atoms with Crippen molar-refractivity contribution in [2.45, 2.75) is 136 Å². The van der Waals surface area contributed by atoms with E-state index >= 15 is 0 Å². The average molecular weight is 430 g/mol. The van der Waals surface area contributed by atoms with Gasteiger partial charge in [-0.15, -0.1) is 0 Å². The molecule has 0 aromatic rings. The van der Waals surface area contributed by atoms with E-state index in [9.17, 15) is 0 Å². The topological polar surface area (TPSA) is 12.0 Å². The molecule has 4 aliphatic carbocycles. The van der Waals surface area contributed by atoms with Gasteiger partial charge in [0.15, 0.2) is 0 Å². The molecule has 4 saturated carbocycles. The summed E-state index contributed by atoms with van der Waals surface area (Å²) in [6.07, 6.45) is 28.9. The molecule has 0 aromatic heterocycles. The number of hydrogen-bond acceptors (Lipinski definition) is 1. The van der Waals surface area contributed by atoms with E-state index < -0.39 is 0 Å². The standard InChI is InChI=1S/C30H55N/c1-3-4-7-20-31-23-27(12-10-25-8-5-6-9-25)13-11-26-14-15-29-28(21-26)17-19-30(29)18-16-24(2)22-30/h24-29,31H,3-23H2,1-2H3. The first-order chi connectivity index (χ1) is 15.2. The van der Waals surface area contributed by atoms with Crippen LogP contribution in [0.15, 0.2) is 0 Å². The maximum atomic E-state index is 3.86. The van der Waals surface area contributed by atoms with Crippen LogP contribution in [0.3, 0.4) is 0 Å². The fourth-order valence-electron chi connectivity index (χ4n) is 8.80. The summed E-state index contributed by atoms with van der Waals surface area (Å²) in [5.41, 5.74) is 0.807. The van der Waals surface area contributed by atoms with Crippen LogP contribution in [0.5, 0.6) is 0 Å². The Labute approximate surface area is 195 Å². The van der Waals surface area contributed by atoms with Crippen LogP contribution >= 0.6 is 0 Å². The van der Waals surface area contributed by atoms with E-state index in [4.69, 9.17) is 0 Å². The number of rotatable bonds is 12. The maximum Gasteiger partial charge on any atom is -0.00205 e. The van der Waals surface area contributed by atoms with Crippen molar-refractivity contribution in [3.05, 3.63) is 0 Å². The minimum atomic E-state index is 0.807. The van der Waals surface area contributed by atoms with E-state index in [0.29, 0.717) is 0 Å². The lowest BCUT2D eigenvalue weighted by Crippen LogP contribution is -2.31. The quantitative estimate of drug-likeness (QED) is 0.306. The van der Waals surface area contributed by atoms with Crippen LogP contribution in [0.2, 0.25) is 0 Å². The number of unbranched alkanes of at least 4 members (excludes halogenated alkanes) is 2. The van der Waals surface area contributed by atoms with E-state index in [1.54, 1.807) is 51.4 Å². The van der Waals surface area contributed by atoms with E-state index in [1.807, 2.05) is 0 Å². The molecule has 0 radical (unpaired) electrons. The van der Waals surface area contributed by atoms with Crippen molar-refractivity contribution in [3.63, 3.8) is 0 Å². The lowest BCUT2D eigenvalue weighted by atomic mass is 9.65. The Bertz CT molecular complexity index is 509. The molecule has 0 saturated heterocycles. The molecular formula is C30H55N. The molecule has 0 aromatic carbocycles. The number of fused-ring (bicyclic) bond motifs is 2. The largest absolute Gasteiger partial charge is 0.316 e. The molecule has 1 N–H and O–H groups in total. The van der Waals surface area contributed by atoms with Crippen LogP contribution < -0.4 is 5.32 Å². The zero-order chi connectivity index (χ0) is 21.5. The molecule has 4 rings (SSSR count). The zero-order valence-corrected chi connectivity index (χ0v) is 21.3. The molecule has 0 aliphatic heterocycles. The van der Waals surface area contributed by atoms with Crippen LogP contribution in [0.25, 0.3) is 0 Å². The van der Waals surface area contributed by atoms with Gasteiger partial charge in [-0.3, -0.25) is 0 Å². The second-order valence-corrected chi connectivity index (χ2v) is 12.9. The van der Waals surface area contributed by atoms with Gasteiger partial charge >= 0.3 is 0 Å². The average Bonchev–Trinajstić information content (AvgIpc) is 3.51. The summed E-state index contributed by atoms with van der Waals surface area (Å²) < 4.78 is 0. The van der Waals surface area contributed by atoms with E-state index in [1.165, 1.54) is 83.7 Å². The maximum absolute atomic E-state index is 3.86. The number of hydrogen-bond donors (Lipinski definition) is 1. The van der Waals surface area contributed by atoms with E-state index in [-0.39, 0.29) is 0 Å². The second-order valence-electron chi connectivity index (χ2n) is 12.9. The second kappa shape index (κ2) is 11.9. The molecule has 1 nitrogen and oxygen atoms in total. The van der Waals surface area contributed by atoms with Gasteiger partial charge in [-0.25, -0.2) is 0 Å². The van der Waals surface area contributed by atoms with Gasteiger partial charge in [-0.05, 0) is 112 Å². The van der Waals surface area contributed by atoms with Gasteiger partial charge in [0.2, 0.25) is 0 Å². The summed E-state index contributed by atoms with van der Waals surface area (Å²) in [7, 11) is 0. The molecule has 31 heavy (non-hydrogen) atoms. The van der Waals surface area contributed by atoms with Crippen LogP contribution in [-0.4, -0.2) is 13.1 Å². The minimum Gasteiger partial charge on any atom is -0.316 e. The van der Waals surface area contributed by atoms with Crippen molar-refractivity contribution in [3.8, 4) is 0 Å². The lowest BCUT2D eigenvalue weighted by Gasteiger charge is -2.40. The van der Waals surface area contributed by atoms with Crippen LogP contribution in [0.1, 0.15) is 136 Å². The smallest absolute Gasteiger partial charge is 0.00205 e. The molecule has 0 heterocycles. The van der Waals surface area contributed by atoms with Crippen molar-refractivity contribution in [2.75, 3.05) is 13.1 Å². The molecule has 0 bridgehead atoms. The highest BCUT2D eigenvalue weighted by atomic mass is 14.9. The SMILES string of the molecule is CCCCCNCC(CCC1CCCC1)CCC1CCC2C(CCC23CCC(C)C3)C1. The highest BCUT2D eigenvalue weighted by molar-refractivity contribution is 5.02. The first-order valence-electron chi connectivity index (χ1n) is 14.9. The third kappa shape index (κ3) is 6.51. The van der Waals surface area contributed by atoms with Gasteiger partial charge in [0.25, 0.3) is 0 Å². The van der Waals surface area contributed by atoms with Gasteiger partial charge in [0.05, 0.1) is 0 Å². The Morgan fingerprint density at radius 1 is 0.871 bits per heavy atom. The van der Waals surface area contributed by atoms with Crippen molar-refractivity contribution >= 4 is 0 Å². The molecule has 1 spiro atoms. The van der Waals surface area contributed by atoms with Crippen LogP contribution in [0.4, 0.5) is 0 Å². The minimum absolute atomic E-state index is 0.807. The van der Waals surface area contributed by atoms with Gasteiger partial charge < -0.3 is 5.32 Å². The van der Waals surface area contributed by atoms with Crippen molar-refractivity contribution in [1.29, 1.82) is 0 Å². The zero-order valence-electron chi connectivity index (χ0n) is 21.3. The molecule has 6 unspecified atom stereocenters. The highest BCUT2D eigenvalue weighted by Gasteiger charge is 2.52. The third-order valence-electron chi connectivity index (χ3n) is 10.6. The first-order valence-corrected chi connectivity index (χ1v) is 14.9. The van der Waals surface area contributed by atoms with Gasteiger partial charge in [0, 0.05) is 0 Å². The summed E-state index contributed by atoms with van der Waals surface area (Å²) in [4.78, 5) is 0. The molecule has 6 atom stereocenters. The molecule has 1 heteroatoms. The Kier molecular flexibility index (Phi) is 9.25. The fraction of sp³-hybridized carbons (Fsp3) is 1.00. The molecule has 180 valence electrons. The van der Waals surface area contributed by atoms with Crippen molar-refractivity contribution in [1.82, 2.24) is 5.32 Å². The van der Waals surface area contributed by atoms with Gasteiger partial charge in [0.1, 0.15) is 0 Å². The lowest BCUT2D eigenvalue weighted by molar-refractivity contribution is 0.0987. The van der Waals surface area contributed by atoms with Crippen LogP contribution in [0, 0.1) is 40.9 Å². The molecular weight excluding hydrogens is 374 g/mol. The Hall–Kier alpha value is -0.0400. The predicted molar refractivity (Wildman–Crippen MR) is 135 cm³/mol. The summed E-state index contributed by atoms with van der Waals surface area (Å²) in [6, 6.07) is 0. The normalized spacial score (nSPS) is 37.0. The van der Waals surface area contributed by atoms with Crippen molar-refractivity contribution in [2.24, 2.45) is 40.9 Å². The van der Waals surface area contributed by atoms with Crippen LogP contribution in [-0.2, 0) is 0 Å². The first kappa shape index (κ1) is 24.1. The number of nitrogens with one attached hydrogen (secondary N) is 1. The summed E-state index contributed by atoms with van der Waals surface area (Å²) in [6.45, 7) is 7.39. The molecule has 0 amide bonds. The van der Waals surface area contributed by atoms with Crippen molar-refractivity contribution < 1.29 is 0 Å². The monoisotopic (exact) mass is 429 g/mol. The molecule has 4 fully saturated rings. The van der Waals surface area contributed by atoms with E-state index in [0.717, 1.165) is 40.9 Å².